The van der Waals surface area contributed by atoms with Gasteiger partial charge in [-0.3, -0.25) is 14.9 Å². The lowest BCUT2D eigenvalue weighted by Gasteiger charge is -2.31. The molecule has 4 rings (SSSR count). The normalized spacial score (nSPS) is 20.3. The molecule has 1 fully saturated rings. The van der Waals surface area contributed by atoms with Crippen molar-refractivity contribution >= 4 is 28.3 Å². The molecule has 0 radical (unpaired) electrons. The summed E-state index contributed by atoms with van der Waals surface area (Å²) in [6.45, 7) is 5.44. The highest BCUT2D eigenvalue weighted by molar-refractivity contribution is 7.15. The van der Waals surface area contributed by atoms with Crippen LogP contribution in [0.25, 0.3) is 0 Å². The number of piperazine rings is 1. The number of hydrogen-bond acceptors (Lipinski definition) is 5. The van der Waals surface area contributed by atoms with E-state index in [0.717, 1.165) is 36.8 Å². The van der Waals surface area contributed by atoms with Gasteiger partial charge in [0, 0.05) is 4.88 Å². The Labute approximate surface area is 162 Å². The molecule has 2 aliphatic rings. The Morgan fingerprint density at radius 2 is 2.22 bits per heavy atom. The molecule has 1 saturated heterocycles. The predicted molar refractivity (Wildman–Crippen MR) is 102 cm³/mol. The van der Waals surface area contributed by atoms with Gasteiger partial charge in [-0.15, -0.1) is 11.3 Å². The lowest BCUT2D eigenvalue weighted by atomic mass is 9.93. The van der Waals surface area contributed by atoms with E-state index >= 15 is 0 Å². The number of aromatic nitrogens is 1. The van der Waals surface area contributed by atoms with Crippen LogP contribution in [0.1, 0.15) is 34.5 Å². The second kappa shape index (κ2) is 7.82. The summed E-state index contributed by atoms with van der Waals surface area (Å²) in [5.74, 6) is 0.991. The van der Waals surface area contributed by atoms with E-state index in [1.807, 2.05) is 0 Å². The summed E-state index contributed by atoms with van der Waals surface area (Å²) in [5.41, 5.74) is 1.16. The van der Waals surface area contributed by atoms with E-state index in [-0.39, 0.29) is 11.8 Å². The topological polar surface area (TPSA) is 79.9 Å². The van der Waals surface area contributed by atoms with E-state index in [2.05, 4.69) is 17.2 Å². The summed E-state index contributed by atoms with van der Waals surface area (Å²) in [5, 5.41) is 3.70. The second-order valence-corrected chi connectivity index (χ2v) is 8.56. The highest BCUT2D eigenvalue weighted by atomic mass is 32.1. The highest BCUT2D eigenvalue weighted by Gasteiger charge is 2.27. The lowest BCUT2D eigenvalue weighted by molar-refractivity contribution is -0.895. The molecule has 27 heavy (non-hydrogen) atoms. The first-order valence-electron chi connectivity index (χ1n) is 9.53. The summed E-state index contributed by atoms with van der Waals surface area (Å²) in [6, 6.07) is 3.40. The van der Waals surface area contributed by atoms with E-state index in [9.17, 15) is 9.59 Å². The molecular formula is C19H25N4O3S+. The number of quaternary nitrogens is 1. The molecule has 1 aliphatic carbocycles. The van der Waals surface area contributed by atoms with E-state index in [0.29, 0.717) is 31.3 Å². The third-order valence-electron chi connectivity index (χ3n) is 5.33. The molecule has 0 spiro atoms. The van der Waals surface area contributed by atoms with Crippen LogP contribution in [0.5, 0.6) is 0 Å². The van der Waals surface area contributed by atoms with Gasteiger partial charge in [0.05, 0.1) is 38.1 Å². The maximum atomic E-state index is 12.4. The standard InChI is InChI=1S/C19H24N4O3S/c1-13-4-5-14-16(11-13)27-19(20-14)21-17(24)12-22-6-8-23(9-7-22)18(25)15-3-2-10-26-15/h2-3,10,13H,4-9,11-12H2,1H3,(H,20,21,24)/p+1/t13-/m1/s1. The van der Waals surface area contributed by atoms with E-state index in [1.165, 1.54) is 22.5 Å². The number of nitrogens with one attached hydrogen (secondary N) is 2. The Morgan fingerprint density at radius 1 is 1.41 bits per heavy atom. The molecule has 144 valence electrons. The molecule has 7 nitrogen and oxygen atoms in total. The van der Waals surface area contributed by atoms with Gasteiger partial charge in [-0.1, -0.05) is 6.92 Å². The van der Waals surface area contributed by atoms with Crippen LogP contribution in [-0.4, -0.2) is 54.4 Å². The first-order chi connectivity index (χ1) is 13.1. The van der Waals surface area contributed by atoms with Crippen LogP contribution in [0, 0.1) is 5.92 Å². The molecule has 2 aromatic rings. The molecule has 0 unspecified atom stereocenters. The number of carbonyl (C=O) groups is 2. The Bertz CT molecular complexity index is 809. The fourth-order valence-electron chi connectivity index (χ4n) is 3.74. The molecule has 8 heteroatoms. The van der Waals surface area contributed by atoms with Crippen molar-refractivity contribution in [1.29, 1.82) is 0 Å². The molecule has 3 heterocycles. The summed E-state index contributed by atoms with van der Waals surface area (Å²) >= 11 is 1.62. The zero-order chi connectivity index (χ0) is 18.8. The average Bonchev–Trinajstić information content (AvgIpc) is 3.30. The fraction of sp³-hybridized carbons (Fsp3) is 0.526. The first-order valence-corrected chi connectivity index (χ1v) is 10.3. The predicted octanol–water partition coefficient (Wildman–Crippen LogP) is 0.840. The summed E-state index contributed by atoms with van der Waals surface area (Å²) in [7, 11) is 0. The number of nitrogens with zero attached hydrogens (tertiary/aromatic N) is 2. The average molecular weight is 390 g/mol. The summed E-state index contributed by atoms with van der Waals surface area (Å²) < 4.78 is 5.18. The van der Waals surface area contributed by atoms with Gasteiger partial charge < -0.3 is 14.2 Å². The van der Waals surface area contributed by atoms with Gasteiger partial charge in [0.1, 0.15) is 0 Å². The first kappa shape index (κ1) is 18.2. The van der Waals surface area contributed by atoms with Crippen LogP contribution in [0.4, 0.5) is 5.13 Å². The monoisotopic (exact) mass is 389 g/mol. The van der Waals surface area contributed by atoms with Gasteiger partial charge >= 0.3 is 0 Å². The van der Waals surface area contributed by atoms with Crippen LogP contribution in [0.15, 0.2) is 22.8 Å². The number of furan rings is 1. The van der Waals surface area contributed by atoms with Crippen molar-refractivity contribution in [3.8, 4) is 0 Å². The molecule has 0 bridgehead atoms. The number of fused-ring (bicyclic) bond motifs is 1. The Morgan fingerprint density at radius 3 is 2.96 bits per heavy atom. The van der Waals surface area contributed by atoms with Gasteiger partial charge in [-0.25, -0.2) is 4.98 Å². The van der Waals surface area contributed by atoms with Gasteiger partial charge in [-0.2, -0.15) is 0 Å². The minimum Gasteiger partial charge on any atom is -0.459 e. The largest absolute Gasteiger partial charge is 0.459 e. The van der Waals surface area contributed by atoms with Crippen molar-refractivity contribution in [3.63, 3.8) is 0 Å². The Balaban J connectivity index is 1.26. The van der Waals surface area contributed by atoms with E-state index in [4.69, 9.17) is 4.42 Å². The van der Waals surface area contributed by atoms with Crippen LogP contribution < -0.4 is 10.2 Å². The number of thiazole rings is 1. The number of amides is 2. The van der Waals surface area contributed by atoms with Crippen molar-refractivity contribution in [3.05, 3.63) is 34.7 Å². The zero-order valence-corrected chi connectivity index (χ0v) is 16.3. The maximum absolute atomic E-state index is 12.4. The highest BCUT2D eigenvalue weighted by Crippen LogP contribution is 2.31. The minimum atomic E-state index is -0.0777. The minimum absolute atomic E-state index is 0.00467. The Hall–Kier alpha value is -2.19. The Kier molecular flexibility index (Phi) is 5.27. The zero-order valence-electron chi connectivity index (χ0n) is 15.5. The van der Waals surface area contributed by atoms with Crippen LogP contribution in [0.3, 0.4) is 0 Å². The molecule has 0 saturated carbocycles. The van der Waals surface area contributed by atoms with Gasteiger partial charge in [-0.05, 0) is 37.3 Å². The van der Waals surface area contributed by atoms with Crippen molar-refractivity contribution in [2.45, 2.75) is 26.2 Å². The SMILES string of the molecule is C[C@@H]1CCc2nc(NC(=O)C[NH+]3CCN(C(=O)c4ccco4)CC3)sc2C1. The van der Waals surface area contributed by atoms with Crippen molar-refractivity contribution in [2.75, 3.05) is 38.0 Å². The molecular weight excluding hydrogens is 364 g/mol. The maximum Gasteiger partial charge on any atom is 0.289 e. The summed E-state index contributed by atoms with van der Waals surface area (Å²) in [4.78, 5) is 33.6. The quantitative estimate of drug-likeness (QED) is 0.812. The number of rotatable bonds is 4. The molecule has 2 N–H and O–H groups in total. The third kappa shape index (κ3) is 4.22. The molecule has 1 aliphatic heterocycles. The van der Waals surface area contributed by atoms with Crippen LogP contribution in [0.2, 0.25) is 0 Å². The van der Waals surface area contributed by atoms with Crippen molar-refractivity contribution in [2.24, 2.45) is 5.92 Å². The van der Waals surface area contributed by atoms with Crippen molar-refractivity contribution in [1.82, 2.24) is 9.88 Å². The third-order valence-corrected chi connectivity index (χ3v) is 6.37. The smallest absolute Gasteiger partial charge is 0.289 e. The fourth-order valence-corrected chi connectivity index (χ4v) is 4.93. The second-order valence-electron chi connectivity index (χ2n) is 7.48. The number of carbonyl (C=O) groups excluding carboxylic acids is 2. The van der Waals surface area contributed by atoms with Crippen LogP contribution >= 0.6 is 11.3 Å². The van der Waals surface area contributed by atoms with Crippen molar-refractivity contribution < 1.29 is 18.9 Å². The van der Waals surface area contributed by atoms with E-state index < -0.39 is 0 Å². The molecule has 2 aromatic heterocycles. The van der Waals surface area contributed by atoms with Gasteiger partial charge in [0.25, 0.3) is 11.8 Å². The molecule has 1 atom stereocenters. The summed E-state index contributed by atoms with van der Waals surface area (Å²) in [6.07, 6.45) is 4.77. The van der Waals surface area contributed by atoms with Crippen LogP contribution in [-0.2, 0) is 17.6 Å². The number of hydrogen-bond donors (Lipinski definition) is 2. The molecule has 0 aromatic carbocycles. The lowest BCUT2D eigenvalue weighted by Crippen LogP contribution is -3.15. The number of anilines is 1. The number of aryl methyl sites for hydroxylation is 1. The van der Waals surface area contributed by atoms with Gasteiger partial charge in [0.2, 0.25) is 0 Å². The molecule has 2 amide bonds. The van der Waals surface area contributed by atoms with E-state index in [1.54, 1.807) is 28.4 Å². The van der Waals surface area contributed by atoms with Gasteiger partial charge in [0.15, 0.2) is 17.4 Å².